The highest BCUT2D eigenvalue weighted by molar-refractivity contribution is 6.31. The first-order chi connectivity index (χ1) is 10.5. The first kappa shape index (κ1) is 16.2. The molecule has 0 saturated heterocycles. The molecule has 0 bridgehead atoms. The zero-order valence-electron chi connectivity index (χ0n) is 11.7. The van der Waals surface area contributed by atoms with Gasteiger partial charge in [0, 0.05) is 12.1 Å². The van der Waals surface area contributed by atoms with Crippen LogP contribution in [0.3, 0.4) is 0 Å². The molecule has 1 aromatic carbocycles. The van der Waals surface area contributed by atoms with Crippen LogP contribution in [0.25, 0.3) is 6.08 Å². The van der Waals surface area contributed by atoms with E-state index in [-0.39, 0.29) is 17.1 Å². The predicted octanol–water partition coefficient (Wildman–Crippen LogP) is 4.05. The number of aromatic nitrogens is 2. The number of ether oxygens (including phenoxy) is 1. The van der Waals surface area contributed by atoms with Crippen molar-refractivity contribution in [2.24, 2.45) is 0 Å². The summed E-state index contributed by atoms with van der Waals surface area (Å²) in [4.78, 5) is 12.1. The Morgan fingerprint density at radius 3 is 2.95 bits per heavy atom. The largest absolute Gasteiger partial charge is 0.435 e. The molecule has 0 atom stereocenters. The zero-order chi connectivity index (χ0) is 16.1. The lowest BCUT2D eigenvalue weighted by atomic mass is 10.1. The van der Waals surface area contributed by atoms with E-state index in [2.05, 4.69) is 9.84 Å². The van der Waals surface area contributed by atoms with E-state index in [0.717, 1.165) is 0 Å². The summed E-state index contributed by atoms with van der Waals surface area (Å²) in [6.45, 7) is -0.426. The van der Waals surface area contributed by atoms with Crippen LogP contribution in [0.5, 0.6) is 5.75 Å². The molecule has 116 valence electrons. The molecule has 0 spiro atoms. The SMILES string of the molecule is CCn1ncc(Cl)c1/C=C/C(=O)c1cccc(OC(F)F)c1. The highest BCUT2D eigenvalue weighted by atomic mass is 35.5. The third-order valence-electron chi connectivity index (χ3n) is 2.87. The number of benzene rings is 1. The zero-order valence-corrected chi connectivity index (χ0v) is 12.4. The van der Waals surface area contributed by atoms with Crippen molar-refractivity contribution in [3.63, 3.8) is 0 Å². The summed E-state index contributed by atoms with van der Waals surface area (Å²) in [5.74, 6) is -0.412. The van der Waals surface area contributed by atoms with Crippen LogP contribution in [0.15, 0.2) is 36.5 Å². The van der Waals surface area contributed by atoms with Gasteiger partial charge in [0.05, 0.1) is 16.9 Å². The number of rotatable bonds is 6. The van der Waals surface area contributed by atoms with E-state index in [9.17, 15) is 13.6 Å². The fraction of sp³-hybridized carbons (Fsp3) is 0.200. The molecule has 0 N–H and O–H groups in total. The van der Waals surface area contributed by atoms with Gasteiger partial charge in [0.25, 0.3) is 0 Å². The van der Waals surface area contributed by atoms with Gasteiger partial charge >= 0.3 is 6.61 Å². The molecule has 4 nitrogen and oxygen atoms in total. The Labute approximate surface area is 131 Å². The minimum Gasteiger partial charge on any atom is -0.435 e. The highest BCUT2D eigenvalue weighted by Gasteiger charge is 2.09. The van der Waals surface area contributed by atoms with Gasteiger partial charge in [-0.25, -0.2) is 0 Å². The van der Waals surface area contributed by atoms with E-state index in [1.165, 1.54) is 36.5 Å². The van der Waals surface area contributed by atoms with Crippen molar-refractivity contribution >= 4 is 23.5 Å². The predicted molar refractivity (Wildman–Crippen MR) is 79.3 cm³/mol. The second kappa shape index (κ2) is 7.17. The summed E-state index contributed by atoms with van der Waals surface area (Å²) < 4.78 is 30.2. The molecule has 0 radical (unpaired) electrons. The molecule has 0 amide bonds. The summed E-state index contributed by atoms with van der Waals surface area (Å²) in [5, 5.41) is 4.48. The third-order valence-corrected chi connectivity index (χ3v) is 3.16. The van der Waals surface area contributed by atoms with Crippen molar-refractivity contribution in [3.05, 3.63) is 52.8 Å². The maximum atomic E-state index is 12.2. The molecule has 7 heteroatoms. The average molecular weight is 327 g/mol. The second-order valence-electron chi connectivity index (χ2n) is 4.30. The Morgan fingerprint density at radius 2 is 2.27 bits per heavy atom. The summed E-state index contributed by atoms with van der Waals surface area (Å²) in [6.07, 6.45) is 4.35. The Morgan fingerprint density at radius 1 is 1.50 bits per heavy atom. The molecule has 22 heavy (non-hydrogen) atoms. The van der Waals surface area contributed by atoms with Crippen molar-refractivity contribution < 1.29 is 18.3 Å². The van der Waals surface area contributed by atoms with E-state index in [1.54, 1.807) is 10.8 Å². The van der Waals surface area contributed by atoms with Gasteiger partial charge in [0.15, 0.2) is 5.78 Å². The van der Waals surface area contributed by atoms with Gasteiger partial charge < -0.3 is 4.74 Å². The van der Waals surface area contributed by atoms with E-state index in [4.69, 9.17) is 11.6 Å². The van der Waals surface area contributed by atoms with Crippen LogP contribution in [-0.2, 0) is 6.54 Å². The number of allylic oxidation sites excluding steroid dienone is 1. The molecule has 0 aliphatic rings. The summed E-state index contributed by atoms with van der Waals surface area (Å²) in [6, 6.07) is 5.61. The summed E-state index contributed by atoms with van der Waals surface area (Å²) in [7, 11) is 0. The monoisotopic (exact) mass is 326 g/mol. The molecule has 2 aromatic rings. The highest BCUT2D eigenvalue weighted by Crippen LogP contribution is 2.19. The van der Waals surface area contributed by atoms with Crippen LogP contribution in [0.1, 0.15) is 23.0 Å². The van der Waals surface area contributed by atoms with Crippen molar-refractivity contribution in [1.29, 1.82) is 0 Å². The lowest BCUT2D eigenvalue weighted by Crippen LogP contribution is -2.03. The number of carbonyl (C=O) groups excluding carboxylic acids is 1. The lowest BCUT2D eigenvalue weighted by molar-refractivity contribution is -0.0498. The maximum absolute atomic E-state index is 12.2. The van der Waals surface area contributed by atoms with Crippen LogP contribution < -0.4 is 4.74 Å². The fourth-order valence-electron chi connectivity index (χ4n) is 1.87. The summed E-state index contributed by atoms with van der Waals surface area (Å²) >= 11 is 5.99. The molecule has 0 saturated carbocycles. The van der Waals surface area contributed by atoms with Crippen LogP contribution in [-0.4, -0.2) is 22.2 Å². The maximum Gasteiger partial charge on any atom is 0.387 e. The van der Waals surface area contributed by atoms with E-state index >= 15 is 0 Å². The van der Waals surface area contributed by atoms with Crippen molar-refractivity contribution in [2.45, 2.75) is 20.1 Å². The Hall–Kier alpha value is -2.21. The number of alkyl halides is 2. The minimum absolute atomic E-state index is 0.0640. The van der Waals surface area contributed by atoms with Crippen LogP contribution in [0.2, 0.25) is 5.02 Å². The quantitative estimate of drug-likeness (QED) is 0.594. The number of carbonyl (C=O) groups is 1. The average Bonchev–Trinajstić information content (AvgIpc) is 2.84. The van der Waals surface area contributed by atoms with Crippen molar-refractivity contribution in [1.82, 2.24) is 9.78 Å². The normalized spacial score (nSPS) is 11.3. The molecule has 0 fully saturated rings. The number of nitrogens with zero attached hydrogens (tertiary/aromatic N) is 2. The standard InChI is InChI=1S/C15H13ClF2N2O2/c1-2-20-13(12(16)9-19-20)6-7-14(21)10-4-3-5-11(8-10)22-15(17)18/h3-9,15H,2H2,1H3/b7-6+. The van der Waals surface area contributed by atoms with E-state index in [1.807, 2.05) is 6.92 Å². The molecule has 1 heterocycles. The van der Waals surface area contributed by atoms with Crippen LogP contribution >= 0.6 is 11.6 Å². The van der Waals surface area contributed by atoms with Crippen LogP contribution in [0, 0.1) is 0 Å². The van der Waals surface area contributed by atoms with Gasteiger partial charge in [0.2, 0.25) is 0 Å². The number of aryl methyl sites for hydroxylation is 1. The molecule has 0 aliphatic carbocycles. The smallest absolute Gasteiger partial charge is 0.387 e. The molecule has 1 aromatic heterocycles. The third kappa shape index (κ3) is 3.92. The van der Waals surface area contributed by atoms with Gasteiger partial charge in [-0.05, 0) is 31.2 Å². The Balaban J connectivity index is 2.18. The van der Waals surface area contributed by atoms with E-state index < -0.39 is 6.61 Å². The molecular formula is C15H13ClF2N2O2. The van der Waals surface area contributed by atoms with Gasteiger partial charge in [0.1, 0.15) is 5.75 Å². The number of hydrogen-bond acceptors (Lipinski definition) is 3. The molecule has 0 unspecified atom stereocenters. The molecular weight excluding hydrogens is 314 g/mol. The Bertz CT molecular complexity index is 699. The van der Waals surface area contributed by atoms with E-state index in [0.29, 0.717) is 17.3 Å². The van der Waals surface area contributed by atoms with Crippen molar-refractivity contribution in [2.75, 3.05) is 0 Å². The first-order valence-electron chi connectivity index (χ1n) is 6.50. The Kier molecular flexibility index (Phi) is 5.27. The van der Waals surface area contributed by atoms with Gasteiger partial charge in [-0.3, -0.25) is 9.48 Å². The van der Waals surface area contributed by atoms with Gasteiger partial charge in [-0.1, -0.05) is 23.7 Å². The first-order valence-corrected chi connectivity index (χ1v) is 6.87. The topological polar surface area (TPSA) is 44.1 Å². The van der Waals surface area contributed by atoms with Gasteiger partial charge in [-0.2, -0.15) is 13.9 Å². The minimum atomic E-state index is -2.93. The van der Waals surface area contributed by atoms with Crippen molar-refractivity contribution in [3.8, 4) is 5.75 Å². The number of hydrogen-bond donors (Lipinski definition) is 0. The van der Waals surface area contributed by atoms with Crippen LogP contribution in [0.4, 0.5) is 8.78 Å². The lowest BCUT2D eigenvalue weighted by Gasteiger charge is -2.05. The summed E-state index contributed by atoms with van der Waals surface area (Å²) in [5.41, 5.74) is 0.852. The second-order valence-corrected chi connectivity index (χ2v) is 4.70. The molecule has 0 aliphatic heterocycles. The number of ketones is 1. The fourth-order valence-corrected chi connectivity index (χ4v) is 2.07. The number of halogens is 3. The van der Waals surface area contributed by atoms with Gasteiger partial charge in [-0.15, -0.1) is 0 Å². The molecule has 2 rings (SSSR count).